The Morgan fingerprint density at radius 3 is 2.80 bits per heavy atom. The Morgan fingerprint density at radius 2 is 2.10 bits per heavy atom. The third kappa shape index (κ3) is 2.71. The number of nitrogens with zero attached hydrogens (tertiary/aromatic N) is 3. The molecular formula is C14H17N3OS2. The Kier molecular flexibility index (Phi) is 4.03. The molecule has 4 nitrogen and oxygen atoms in total. The van der Waals surface area contributed by atoms with E-state index in [0.717, 1.165) is 48.2 Å². The van der Waals surface area contributed by atoms with E-state index in [2.05, 4.69) is 9.88 Å². The van der Waals surface area contributed by atoms with Crippen LogP contribution in [0.4, 0.5) is 5.13 Å². The minimum atomic E-state index is 0.179. The van der Waals surface area contributed by atoms with E-state index in [4.69, 9.17) is 0 Å². The SMILES string of the molecule is Cc1ccsc1C(=O)N1CCCN(c2nccs2)CC1. The van der Waals surface area contributed by atoms with Gasteiger partial charge in [-0.1, -0.05) is 0 Å². The van der Waals surface area contributed by atoms with Gasteiger partial charge in [0.2, 0.25) is 0 Å². The summed E-state index contributed by atoms with van der Waals surface area (Å²) >= 11 is 3.20. The van der Waals surface area contributed by atoms with Gasteiger partial charge < -0.3 is 9.80 Å². The van der Waals surface area contributed by atoms with E-state index in [0.29, 0.717) is 0 Å². The molecule has 1 aliphatic rings. The number of carbonyl (C=O) groups is 1. The molecule has 0 unspecified atom stereocenters. The topological polar surface area (TPSA) is 36.4 Å². The van der Waals surface area contributed by atoms with Crippen LogP contribution in [0.15, 0.2) is 23.0 Å². The Hall–Kier alpha value is -1.40. The number of hydrogen-bond acceptors (Lipinski definition) is 5. The van der Waals surface area contributed by atoms with Crippen molar-refractivity contribution in [2.24, 2.45) is 0 Å². The summed E-state index contributed by atoms with van der Waals surface area (Å²) in [5, 5.41) is 5.05. The molecule has 3 heterocycles. The van der Waals surface area contributed by atoms with Gasteiger partial charge in [-0.2, -0.15) is 0 Å². The van der Waals surface area contributed by atoms with Crippen molar-refractivity contribution >= 4 is 33.7 Å². The fourth-order valence-electron chi connectivity index (χ4n) is 2.42. The van der Waals surface area contributed by atoms with Crippen molar-refractivity contribution < 1.29 is 4.79 Å². The smallest absolute Gasteiger partial charge is 0.264 e. The minimum absolute atomic E-state index is 0.179. The number of thiazole rings is 1. The highest BCUT2D eigenvalue weighted by Crippen LogP contribution is 2.21. The van der Waals surface area contributed by atoms with Gasteiger partial charge in [0, 0.05) is 37.8 Å². The maximum absolute atomic E-state index is 12.5. The van der Waals surface area contributed by atoms with Gasteiger partial charge >= 0.3 is 0 Å². The second kappa shape index (κ2) is 5.93. The lowest BCUT2D eigenvalue weighted by Crippen LogP contribution is -2.35. The fraction of sp³-hybridized carbons (Fsp3) is 0.429. The lowest BCUT2D eigenvalue weighted by atomic mass is 10.2. The summed E-state index contributed by atoms with van der Waals surface area (Å²) < 4.78 is 0. The number of rotatable bonds is 2. The molecule has 1 aliphatic heterocycles. The zero-order valence-corrected chi connectivity index (χ0v) is 13.0. The minimum Gasteiger partial charge on any atom is -0.346 e. The summed E-state index contributed by atoms with van der Waals surface area (Å²) in [7, 11) is 0. The molecule has 106 valence electrons. The van der Waals surface area contributed by atoms with Crippen LogP contribution in [0, 0.1) is 6.92 Å². The van der Waals surface area contributed by atoms with Gasteiger partial charge in [0.05, 0.1) is 4.88 Å². The highest BCUT2D eigenvalue weighted by atomic mass is 32.1. The highest BCUT2D eigenvalue weighted by Gasteiger charge is 2.22. The molecule has 0 radical (unpaired) electrons. The number of aryl methyl sites for hydroxylation is 1. The van der Waals surface area contributed by atoms with E-state index in [1.165, 1.54) is 0 Å². The molecule has 0 saturated carbocycles. The number of carbonyl (C=O) groups excluding carboxylic acids is 1. The largest absolute Gasteiger partial charge is 0.346 e. The van der Waals surface area contributed by atoms with E-state index in [1.54, 1.807) is 22.7 Å². The summed E-state index contributed by atoms with van der Waals surface area (Å²) in [6.07, 6.45) is 2.83. The molecule has 0 aliphatic carbocycles. The van der Waals surface area contributed by atoms with Crippen LogP contribution < -0.4 is 4.90 Å². The normalized spacial score (nSPS) is 16.2. The van der Waals surface area contributed by atoms with Crippen LogP contribution >= 0.6 is 22.7 Å². The Labute approximate surface area is 126 Å². The molecule has 1 amide bonds. The van der Waals surface area contributed by atoms with Gasteiger partial charge in [-0.15, -0.1) is 22.7 Å². The summed E-state index contributed by atoms with van der Waals surface area (Å²) in [5.74, 6) is 0.179. The van der Waals surface area contributed by atoms with Crippen molar-refractivity contribution in [1.82, 2.24) is 9.88 Å². The molecule has 0 bridgehead atoms. The van der Waals surface area contributed by atoms with Gasteiger partial charge in [-0.05, 0) is 30.4 Å². The first kappa shape index (κ1) is 13.6. The van der Waals surface area contributed by atoms with Crippen LogP contribution in [-0.2, 0) is 0 Å². The summed E-state index contributed by atoms with van der Waals surface area (Å²) in [6, 6.07) is 2.01. The van der Waals surface area contributed by atoms with Crippen LogP contribution in [0.5, 0.6) is 0 Å². The molecule has 2 aromatic heterocycles. The lowest BCUT2D eigenvalue weighted by Gasteiger charge is -2.21. The summed E-state index contributed by atoms with van der Waals surface area (Å²) in [6.45, 7) is 5.45. The lowest BCUT2D eigenvalue weighted by molar-refractivity contribution is 0.0771. The number of aromatic nitrogens is 1. The Balaban J connectivity index is 1.68. The fourth-order valence-corrected chi connectivity index (χ4v) is 4.01. The van der Waals surface area contributed by atoms with Gasteiger partial charge in [-0.3, -0.25) is 4.79 Å². The third-order valence-corrected chi connectivity index (χ3v) is 5.37. The zero-order valence-electron chi connectivity index (χ0n) is 11.4. The van der Waals surface area contributed by atoms with Crippen molar-refractivity contribution in [3.8, 4) is 0 Å². The molecule has 0 atom stereocenters. The van der Waals surface area contributed by atoms with E-state index in [1.807, 2.05) is 34.8 Å². The quantitative estimate of drug-likeness (QED) is 0.856. The Morgan fingerprint density at radius 1 is 1.20 bits per heavy atom. The molecule has 1 saturated heterocycles. The van der Waals surface area contributed by atoms with Crippen molar-refractivity contribution in [3.05, 3.63) is 33.5 Å². The molecule has 20 heavy (non-hydrogen) atoms. The maximum atomic E-state index is 12.5. The molecule has 0 N–H and O–H groups in total. The van der Waals surface area contributed by atoms with Crippen molar-refractivity contribution in [1.29, 1.82) is 0 Å². The first-order valence-corrected chi connectivity index (χ1v) is 8.49. The van der Waals surface area contributed by atoms with Crippen LogP contribution in [0.1, 0.15) is 21.7 Å². The summed E-state index contributed by atoms with van der Waals surface area (Å²) in [4.78, 5) is 22.0. The monoisotopic (exact) mass is 307 g/mol. The van der Waals surface area contributed by atoms with E-state index < -0.39 is 0 Å². The van der Waals surface area contributed by atoms with E-state index in [-0.39, 0.29) is 5.91 Å². The third-order valence-electron chi connectivity index (χ3n) is 3.53. The van der Waals surface area contributed by atoms with Crippen molar-refractivity contribution in [3.63, 3.8) is 0 Å². The Bertz CT molecular complexity index is 579. The maximum Gasteiger partial charge on any atom is 0.264 e. The average molecular weight is 307 g/mol. The highest BCUT2D eigenvalue weighted by molar-refractivity contribution is 7.13. The number of anilines is 1. The molecule has 1 fully saturated rings. The molecule has 0 spiro atoms. The first-order chi connectivity index (χ1) is 9.75. The molecule has 3 rings (SSSR count). The van der Waals surface area contributed by atoms with Gasteiger partial charge in [0.25, 0.3) is 5.91 Å². The van der Waals surface area contributed by atoms with Crippen LogP contribution in [0.25, 0.3) is 0 Å². The second-order valence-electron chi connectivity index (χ2n) is 4.88. The molecule has 2 aromatic rings. The van der Waals surface area contributed by atoms with Gasteiger partial charge in [-0.25, -0.2) is 4.98 Å². The molecule has 0 aromatic carbocycles. The summed E-state index contributed by atoms with van der Waals surface area (Å²) in [5.41, 5.74) is 1.08. The predicted octanol–water partition coefficient (Wildman–Crippen LogP) is 2.87. The number of hydrogen-bond donors (Lipinski definition) is 0. The van der Waals surface area contributed by atoms with E-state index >= 15 is 0 Å². The number of amides is 1. The van der Waals surface area contributed by atoms with Crippen LogP contribution in [0.3, 0.4) is 0 Å². The van der Waals surface area contributed by atoms with Gasteiger partial charge in [0.1, 0.15) is 0 Å². The first-order valence-electron chi connectivity index (χ1n) is 6.73. The molecular weight excluding hydrogens is 290 g/mol. The van der Waals surface area contributed by atoms with Gasteiger partial charge in [0.15, 0.2) is 5.13 Å². The predicted molar refractivity (Wildman–Crippen MR) is 83.9 cm³/mol. The van der Waals surface area contributed by atoms with Crippen molar-refractivity contribution in [2.45, 2.75) is 13.3 Å². The average Bonchev–Trinajstić information content (AvgIpc) is 3.05. The molecule has 6 heteroatoms. The van der Waals surface area contributed by atoms with Crippen LogP contribution in [0.2, 0.25) is 0 Å². The standard InChI is InChI=1S/C14H17N3OS2/c1-11-3-9-19-12(11)13(18)16-5-2-6-17(8-7-16)14-15-4-10-20-14/h3-4,9-10H,2,5-8H2,1H3. The van der Waals surface area contributed by atoms with Crippen molar-refractivity contribution in [2.75, 3.05) is 31.1 Å². The van der Waals surface area contributed by atoms with E-state index in [9.17, 15) is 4.79 Å². The second-order valence-corrected chi connectivity index (χ2v) is 6.67. The number of thiophene rings is 1. The van der Waals surface area contributed by atoms with Crippen LogP contribution in [-0.4, -0.2) is 42.0 Å². The zero-order chi connectivity index (χ0) is 13.9.